The van der Waals surface area contributed by atoms with Crippen molar-refractivity contribution in [2.24, 2.45) is 0 Å². The van der Waals surface area contributed by atoms with Gasteiger partial charge in [0.25, 0.3) is 5.91 Å². The summed E-state index contributed by atoms with van der Waals surface area (Å²) in [4.78, 5) is 26.0. The number of carbonyl (C=O) groups excluding carboxylic acids is 2. The third-order valence-corrected chi connectivity index (χ3v) is 4.77. The van der Waals surface area contributed by atoms with Gasteiger partial charge in [-0.1, -0.05) is 23.7 Å². The second kappa shape index (κ2) is 9.42. The minimum atomic E-state index is -0.172. The van der Waals surface area contributed by atoms with Gasteiger partial charge in [-0.15, -0.1) is 0 Å². The summed E-state index contributed by atoms with van der Waals surface area (Å²) in [7, 11) is 0. The van der Waals surface area contributed by atoms with Gasteiger partial charge < -0.3 is 15.0 Å². The first-order valence-electron chi connectivity index (χ1n) is 9.15. The van der Waals surface area contributed by atoms with Crippen LogP contribution in [0.15, 0.2) is 48.5 Å². The minimum absolute atomic E-state index is 0.113. The highest BCUT2D eigenvalue weighted by atomic mass is 35.5. The normalized spacial score (nSPS) is 13.4. The molecule has 142 valence electrons. The second-order valence-electron chi connectivity index (χ2n) is 6.53. The maximum atomic E-state index is 12.2. The summed E-state index contributed by atoms with van der Waals surface area (Å²) in [6, 6.07) is 14.4. The van der Waals surface area contributed by atoms with Crippen LogP contribution in [0.4, 0.5) is 0 Å². The number of nitrogens with one attached hydrogen (secondary N) is 1. The maximum Gasteiger partial charge on any atom is 0.251 e. The fourth-order valence-electron chi connectivity index (χ4n) is 2.96. The average Bonchev–Trinajstić information content (AvgIpc) is 3.23. The molecule has 3 rings (SSSR count). The first-order valence-corrected chi connectivity index (χ1v) is 9.53. The van der Waals surface area contributed by atoms with Crippen molar-refractivity contribution in [3.05, 3.63) is 64.7 Å². The number of carbonyl (C=O) groups is 2. The molecule has 1 saturated heterocycles. The summed E-state index contributed by atoms with van der Waals surface area (Å²) in [5.41, 5.74) is 1.53. The molecule has 1 aliphatic heterocycles. The first-order chi connectivity index (χ1) is 13.1. The van der Waals surface area contributed by atoms with Crippen LogP contribution in [0.3, 0.4) is 0 Å². The molecule has 2 amide bonds. The van der Waals surface area contributed by atoms with Gasteiger partial charge in [-0.3, -0.25) is 9.59 Å². The number of ether oxygens (including phenoxy) is 1. The third kappa shape index (κ3) is 5.73. The van der Waals surface area contributed by atoms with Crippen LogP contribution in [0.1, 0.15) is 35.2 Å². The second-order valence-corrected chi connectivity index (χ2v) is 6.97. The summed E-state index contributed by atoms with van der Waals surface area (Å²) in [5, 5.41) is 3.47. The van der Waals surface area contributed by atoms with Crippen LogP contribution in [-0.2, 0) is 11.4 Å². The lowest BCUT2D eigenvalue weighted by atomic mass is 10.1. The molecule has 1 aliphatic rings. The predicted octanol–water partition coefficient (Wildman–Crippen LogP) is 3.66. The molecule has 27 heavy (non-hydrogen) atoms. The summed E-state index contributed by atoms with van der Waals surface area (Å²) >= 11 is 5.85. The van der Waals surface area contributed by atoms with E-state index in [1.54, 1.807) is 24.3 Å². The molecule has 0 spiro atoms. The summed E-state index contributed by atoms with van der Waals surface area (Å²) in [5.74, 6) is 0.681. The number of likely N-dealkylation sites (tertiary alicyclic amines) is 1. The number of benzene rings is 2. The van der Waals surface area contributed by atoms with Crippen LogP contribution in [0.25, 0.3) is 0 Å². The Hall–Kier alpha value is -2.53. The number of amides is 2. The van der Waals surface area contributed by atoms with Crippen molar-refractivity contribution in [1.82, 2.24) is 10.2 Å². The Balaban J connectivity index is 1.42. The van der Waals surface area contributed by atoms with E-state index in [2.05, 4.69) is 5.32 Å². The Morgan fingerprint density at radius 3 is 2.33 bits per heavy atom. The van der Waals surface area contributed by atoms with E-state index in [0.29, 0.717) is 30.2 Å². The number of hydrogen-bond donors (Lipinski definition) is 1. The van der Waals surface area contributed by atoms with Crippen molar-refractivity contribution in [2.75, 3.05) is 19.6 Å². The molecule has 2 aromatic carbocycles. The van der Waals surface area contributed by atoms with Gasteiger partial charge in [0.1, 0.15) is 12.4 Å². The van der Waals surface area contributed by atoms with E-state index in [0.717, 1.165) is 37.2 Å². The van der Waals surface area contributed by atoms with Crippen molar-refractivity contribution >= 4 is 23.4 Å². The van der Waals surface area contributed by atoms with Crippen molar-refractivity contribution < 1.29 is 14.3 Å². The van der Waals surface area contributed by atoms with Crippen LogP contribution in [-0.4, -0.2) is 36.3 Å². The molecule has 0 aromatic heterocycles. The highest BCUT2D eigenvalue weighted by Gasteiger charge is 2.17. The van der Waals surface area contributed by atoms with Gasteiger partial charge in [-0.25, -0.2) is 0 Å². The molecule has 1 N–H and O–H groups in total. The molecule has 0 aliphatic carbocycles. The Bertz CT molecular complexity index is 769. The maximum absolute atomic E-state index is 12.2. The molecule has 5 nitrogen and oxygen atoms in total. The largest absolute Gasteiger partial charge is 0.489 e. The van der Waals surface area contributed by atoms with Crippen molar-refractivity contribution in [1.29, 1.82) is 0 Å². The van der Waals surface area contributed by atoms with Crippen LogP contribution < -0.4 is 10.1 Å². The van der Waals surface area contributed by atoms with E-state index in [9.17, 15) is 9.59 Å². The third-order valence-electron chi connectivity index (χ3n) is 4.52. The van der Waals surface area contributed by atoms with Gasteiger partial charge in [0.15, 0.2) is 0 Å². The summed E-state index contributed by atoms with van der Waals surface area (Å²) < 4.78 is 5.69. The number of nitrogens with zero attached hydrogens (tertiary/aromatic N) is 1. The average molecular weight is 387 g/mol. The van der Waals surface area contributed by atoms with Gasteiger partial charge in [-0.2, -0.15) is 0 Å². The van der Waals surface area contributed by atoms with E-state index in [4.69, 9.17) is 16.3 Å². The number of hydrogen-bond acceptors (Lipinski definition) is 3. The van der Waals surface area contributed by atoms with Crippen LogP contribution in [0.2, 0.25) is 5.02 Å². The van der Waals surface area contributed by atoms with Crippen molar-refractivity contribution in [3.63, 3.8) is 0 Å². The van der Waals surface area contributed by atoms with Gasteiger partial charge in [-0.05, 0) is 54.8 Å². The Labute approximate surface area is 164 Å². The zero-order valence-electron chi connectivity index (χ0n) is 15.1. The minimum Gasteiger partial charge on any atom is -0.489 e. The fraction of sp³-hybridized carbons (Fsp3) is 0.333. The standard InChI is InChI=1S/C21H23ClN2O3/c22-18-7-9-19(10-8-18)27-15-16-3-5-17(6-4-16)21(26)23-12-11-20(25)24-13-1-2-14-24/h3-10H,1-2,11-15H2,(H,23,26). The Morgan fingerprint density at radius 1 is 1.00 bits per heavy atom. The van der Waals surface area contributed by atoms with E-state index >= 15 is 0 Å². The molecule has 0 bridgehead atoms. The van der Waals surface area contributed by atoms with E-state index in [-0.39, 0.29) is 11.8 Å². The number of halogens is 1. The van der Waals surface area contributed by atoms with Gasteiger partial charge in [0.2, 0.25) is 5.91 Å². The van der Waals surface area contributed by atoms with Gasteiger partial charge >= 0.3 is 0 Å². The smallest absolute Gasteiger partial charge is 0.251 e. The molecule has 0 radical (unpaired) electrons. The van der Waals surface area contributed by atoms with Crippen molar-refractivity contribution in [2.45, 2.75) is 25.9 Å². The monoisotopic (exact) mass is 386 g/mol. The van der Waals surface area contributed by atoms with E-state index < -0.39 is 0 Å². The molecule has 2 aromatic rings. The van der Waals surface area contributed by atoms with Gasteiger partial charge in [0.05, 0.1) is 0 Å². The molecule has 0 unspecified atom stereocenters. The number of rotatable bonds is 7. The molecule has 0 saturated carbocycles. The molecule has 1 fully saturated rings. The molecule has 1 heterocycles. The van der Waals surface area contributed by atoms with Gasteiger partial charge in [0, 0.05) is 36.6 Å². The Morgan fingerprint density at radius 2 is 1.67 bits per heavy atom. The highest BCUT2D eigenvalue weighted by molar-refractivity contribution is 6.30. The lowest BCUT2D eigenvalue weighted by Gasteiger charge is -2.15. The van der Waals surface area contributed by atoms with Crippen LogP contribution in [0, 0.1) is 0 Å². The zero-order chi connectivity index (χ0) is 19.1. The SMILES string of the molecule is O=C(NCCC(=O)N1CCCC1)c1ccc(COc2ccc(Cl)cc2)cc1. The summed E-state index contributed by atoms with van der Waals surface area (Å²) in [6.45, 7) is 2.45. The molecular weight excluding hydrogens is 364 g/mol. The topological polar surface area (TPSA) is 58.6 Å². The van der Waals surface area contributed by atoms with Crippen LogP contribution in [0.5, 0.6) is 5.75 Å². The Kier molecular flexibility index (Phi) is 6.71. The lowest BCUT2D eigenvalue weighted by molar-refractivity contribution is -0.129. The summed E-state index contributed by atoms with van der Waals surface area (Å²) in [6.07, 6.45) is 2.50. The highest BCUT2D eigenvalue weighted by Crippen LogP contribution is 2.17. The van der Waals surface area contributed by atoms with E-state index in [1.807, 2.05) is 29.2 Å². The predicted molar refractivity (Wildman–Crippen MR) is 105 cm³/mol. The van der Waals surface area contributed by atoms with Crippen LogP contribution >= 0.6 is 11.6 Å². The molecular formula is C21H23ClN2O3. The molecule has 0 atom stereocenters. The first kappa shape index (κ1) is 19.2. The zero-order valence-corrected chi connectivity index (χ0v) is 15.9. The van der Waals surface area contributed by atoms with Crippen molar-refractivity contribution in [3.8, 4) is 5.75 Å². The molecule has 6 heteroatoms. The quantitative estimate of drug-likeness (QED) is 0.790. The van der Waals surface area contributed by atoms with E-state index in [1.165, 1.54) is 0 Å². The fourth-order valence-corrected chi connectivity index (χ4v) is 3.09. The lowest BCUT2D eigenvalue weighted by Crippen LogP contribution is -2.32.